The van der Waals surface area contributed by atoms with Crippen LogP contribution < -0.4 is 5.32 Å². The summed E-state index contributed by atoms with van der Waals surface area (Å²) < 4.78 is 0. The minimum Gasteiger partial charge on any atom is -0.385 e. The van der Waals surface area contributed by atoms with Crippen LogP contribution in [0.3, 0.4) is 0 Å². The van der Waals surface area contributed by atoms with Crippen LogP contribution in [0.15, 0.2) is 24.3 Å². The lowest BCUT2D eigenvalue weighted by molar-refractivity contribution is -0.0618. The Hall–Kier alpha value is -1.39. The highest BCUT2D eigenvalue weighted by Gasteiger charge is 2.40. The van der Waals surface area contributed by atoms with Crippen molar-refractivity contribution in [3.05, 3.63) is 35.4 Å². The number of rotatable bonds is 5. The van der Waals surface area contributed by atoms with Gasteiger partial charge in [-0.05, 0) is 57.5 Å². The average Bonchev–Trinajstić information content (AvgIpc) is 3.33. The van der Waals surface area contributed by atoms with Gasteiger partial charge in [0.05, 0.1) is 5.60 Å². The van der Waals surface area contributed by atoms with E-state index in [4.69, 9.17) is 0 Å². The molecule has 2 N–H and O–H groups in total. The van der Waals surface area contributed by atoms with Crippen LogP contribution >= 0.6 is 0 Å². The average molecular weight is 316 g/mol. The van der Waals surface area contributed by atoms with E-state index < -0.39 is 5.60 Å². The van der Waals surface area contributed by atoms with Gasteiger partial charge < -0.3 is 15.3 Å². The van der Waals surface area contributed by atoms with Crippen LogP contribution in [-0.4, -0.2) is 42.6 Å². The predicted octanol–water partition coefficient (Wildman–Crippen LogP) is 2.52. The Labute approximate surface area is 138 Å². The number of aliphatic hydroxyl groups is 1. The van der Waals surface area contributed by atoms with Crippen molar-refractivity contribution in [2.24, 2.45) is 5.92 Å². The first-order chi connectivity index (χ1) is 11.0. The molecule has 0 aliphatic heterocycles. The van der Waals surface area contributed by atoms with Crippen molar-refractivity contribution in [2.75, 3.05) is 20.6 Å². The lowest BCUT2D eigenvalue weighted by Gasteiger charge is -2.42. The fourth-order valence-corrected chi connectivity index (χ4v) is 3.72. The first kappa shape index (κ1) is 16.5. The molecule has 1 amide bonds. The van der Waals surface area contributed by atoms with Crippen molar-refractivity contribution >= 4 is 5.91 Å². The summed E-state index contributed by atoms with van der Waals surface area (Å²) in [6, 6.07) is 7.96. The lowest BCUT2D eigenvalue weighted by atomic mass is 9.71. The molecule has 0 radical (unpaired) electrons. The standard InChI is InChI=1S/C19H28N2O2/c1-21(2)13-16-7-3-4-11-19(16,23)15-8-5-6-14(12-15)18(22)20-17-9-10-17/h5-6,8,12,16-17,23H,3-4,7,9-11,13H2,1-2H3,(H,20,22)/t16-,19+/m0/s1. The van der Waals surface area contributed by atoms with Crippen molar-refractivity contribution in [2.45, 2.75) is 50.2 Å². The zero-order chi connectivity index (χ0) is 16.4. The Morgan fingerprint density at radius 1 is 1.30 bits per heavy atom. The van der Waals surface area contributed by atoms with Crippen molar-refractivity contribution in [1.29, 1.82) is 0 Å². The smallest absolute Gasteiger partial charge is 0.251 e. The third kappa shape index (κ3) is 3.75. The molecule has 2 aliphatic rings. The SMILES string of the molecule is CN(C)C[C@@H]1CCCC[C@@]1(O)c1cccc(C(=O)NC2CC2)c1. The number of nitrogens with one attached hydrogen (secondary N) is 1. The van der Waals surface area contributed by atoms with Crippen molar-refractivity contribution < 1.29 is 9.90 Å². The summed E-state index contributed by atoms with van der Waals surface area (Å²) in [5, 5.41) is 14.4. The van der Waals surface area contributed by atoms with E-state index in [9.17, 15) is 9.90 Å². The molecule has 4 nitrogen and oxygen atoms in total. The van der Waals surface area contributed by atoms with Gasteiger partial charge in [-0.1, -0.05) is 25.0 Å². The van der Waals surface area contributed by atoms with Gasteiger partial charge in [0.2, 0.25) is 0 Å². The van der Waals surface area contributed by atoms with Crippen molar-refractivity contribution in [3.63, 3.8) is 0 Å². The molecule has 2 atom stereocenters. The van der Waals surface area contributed by atoms with E-state index in [2.05, 4.69) is 24.3 Å². The number of carbonyl (C=O) groups excluding carboxylic acids is 1. The number of benzene rings is 1. The minimum atomic E-state index is -0.821. The van der Waals surface area contributed by atoms with E-state index in [0.717, 1.165) is 44.2 Å². The Balaban J connectivity index is 1.83. The van der Waals surface area contributed by atoms with Crippen LogP contribution in [0.4, 0.5) is 0 Å². The largest absolute Gasteiger partial charge is 0.385 e. The number of amides is 1. The zero-order valence-electron chi connectivity index (χ0n) is 14.2. The summed E-state index contributed by atoms with van der Waals surface area (Å²) in [5.74, 6) is 0.200. The molecule has 0 unspecified atom stereocenters. The fourth-order valence-electron chi connectivity index (χ4n) is 3.72. The molecule has 3 rings (SSSR count). The summed E-state index contributed by atoms with van der Waals surface area (Å²) in [7, 11) is 4.10. The monoisotopic (exact) mass is 316 g/mol. The van der Waals surface area contributed by atoms with Gasteiger partial charge in [-0.15, -0.1) is 0 Å². The summed E-state index contributed by atoms with van der Waals surface area (Å²) in [6.45, 7) is 0.870. The highest BCUT2D eigenvalue weighted by Crippen LogP contribution is 2.42. The molecule has 0 bridgehead atoms. The molecule has 2 saturated carbocycles. The number of carbonyl (C=O) groups is 1. The fraction of sp³-hybridized carbons (Fsp3) is 0.632. The van der Waals surface area contributed by atoms with E-state index >= 15 is 0 Å². The van der Waals surface area contributed by atoms with E-state index in [1.165, 1.54) is 6.42 Å². The van der Waals surface area contributed by atoms with Gasteiger partial charge in [0.15, 0.2) is 0 Å². The lowest BCUT2D eigenvalue weighted by Crippen LogP contribution is -2.43. The molecule has 0 spiro atoms. The molecule has 126 valence electrons. The Morgan fingerprint density at radius 3 is 2.78 bits per heavy atom. The van der Waals surface area contributed by atoms with Crippen LogP contribution in [-0.2, 0) is 5.60 Å². The summed E-state index contributed by atoms with van der Waals surface area (Å²) in [6.07, 6.45) is 6.19. The maximum Gasteiger partial charge on any atom is 0.251 e. The van der Waals surface area contributed by atoms with Gasteiger partial charge in [0, 0.05) is 24.1 Å². The normalized spacial score (nSPS) is 27.9. The molecule has 4 heteroatoms. The van der Waals surface area contributed by atoms with Gasteiger partial charge in [0.1, 0.15) is 0 Å². The maximum atomic E-state index is 12.3. The highest BCUT2D eigenvalue weighted by atomic mass is 16.3. The van der Waals surface area contributed by atoms with Crippen LogP contribution in [0, 0.1) is 5.92 Å². The number of nitrogens with zero attached hydrogens (tertiary/aromatic N) is 1. The topological polar surface area (TPSA) is 52.6 Å². The second kappa shape index (κ2) is 6.62. The van der Waals surface area contributed by atoms with Gasteiger partial charge in [-0.3, -0.25) is 4.79 Å². The summed E-state index contributed by atoms with van der Waals surface area (Å²) in [4.78, 5) is 14.4. The van der Waals surface area contributed by atoms with Crippen LogP contribution in [0.5, 0.6) is 0 Å². The van der Waals surface area contributed by atoms with Crippen LogP contribution in [0.2, 0.25) is 0 Å². The van der Waals surface area contributed by atoms with Gasteiger partial charge >= 0.3 is 0 Å². The molecule has 23 heavy (non-hydrogen) atoms. The van der Waals surface area contributed by atoms with E-state index in [-0.39, 0.29) is 11.8 Å². The first-order valence-corrected chi connectivity index (χ1v) is 8.77. The summed E-state index contributed by atoms with van der Waals surface area (Å²) >= 11 is 0. The molecular weight excluding hydrogens is 288 g/mol. The van der Waals surface area contributed by atoms with Crippen LogP contribution in [0.1, 0.15) is 54.4 Å². The summed E-state index contributed by atoms with van der Waals surface area (Å²) in [5.41, 5.74) is 0.739. The van der Waals surface area contributed by atoms with Crippen LogP contribution in [0.25, 0.3) is 0 Å². The highest BCUT2D eigenvalue weighted by molar-refractivity contribution is 5.94. The third-order valence-corrected chi connectivity index (χ3v) is 5.16. The van der Waals surface area contributed by atoms with Crippen molar-refractivity contribution in [1.82, 2.24) is 10.2 Å². The second-order valence-corrected chi connectivity index (χ2v) is 7.46. The van der Waals surface area contributed by atoms with Gasteiger partial charge in [-0.2, -0.15) is 0 Å². The maximum absolute atomic E-state index is 12.3. The Bertz CT molecular complexity index is 568. The van der Waals surface area contributed by atoms with Crippen molar-refractivity contribution in [3.8, 4) is 0 Å². The molecule has 1 aromatic rings. The zero-order valence-corrected chi connectivity index (χ0v) is 14.2. The second-order valence-electron chi connectivity index (χ2n) is 7.46. The molecule has 2 aliphatic carbocycles. The predicted molar refractivity (Wildman–Crippen MR) is 91.3 cm³/mol. The van der Waals surface area contributed by atoms with Gasteiger partial charge in [-0.25, -0.2) is 0 Å². The Morgan fingerprint density at radius 2 is 2.09 bits per heavy atom. The number of hydrogen-bond acceptors (Lipinski definition) is 3. The van der Waals surface area contributed by atoms with E-state index in [1.54, 1.807) is 0 Å². The van der Waals surface area contributed by atoms with E-state index in [1.807, 2.05) is 24.3 Å². The molecule has 0 heterocycles. The quantitative estimate of drug-likeness (QED) is 0.877. The molecule has 0 aromatic heterocycles. The third-order valence-electron chi connectivity index (χ3n) is 5.16. The minimum absolute atomic E-state index is 0.0158. The molecule has 1 aromatic carbocycles. The van der Waals surface area contributed by atoms with E-state index in [0.29, 0.717) is 11.6 Å². The molecule has 2 fully saturated rings. The van der Waals surface area contributed by atoms with Gasteiger partial charge in [0.25, 0.3) is 5.91 Å². The number of hydrogen-bond donors (Lipinski definition) is 2. The first-order valence-electron chi connectivity index (χ1n) is 8.77. The molecular formula is C19H28N2O2. The molecule has 0 saturated heterocycles. The Kier molecular flexibility index (Phi) is 4.74.